The third-order valence-electron chi connectivity index (χ3n) is 2.84. The van der Waals surface area contributed by atoms with Crippen LogP contribution >= 0.6 is 11.6 Å². The quantitative estimate of drug-likeness (QED) is 0.883. The Morgan fingerprint density at radius 1 is 1.12 bits per heavy atom. The molecule has 2 rings (SSSR count). The number of aryl methyl sites for hydroxylation is 1. The van der Waals surface area contributed by atoms with E-state index in [0.29, 0.717) is 5.02 Å². The molecule has 0 aliphatic carbocycles. The Balaban J connectivity index is 2.45. The molecule has 2 nitrogen and oxygen atoms in total. The fourth-order valence-corrected chi connectivity index (χ4v) is 1.89. The standard InChI is InChI=1S/C14H14ClNO/c1-10-7-12(9-16-8-10)14(2,17)11-3-5-13(15)6-4-11/h3-9,17H,1-2H3. The van der Waals surface area contributed by atoms with E-state index in [9.17, 15) is 5.11 Å². The predicted octanol–water partition coefficient (Wildman–Crippen LogP) is 3.30. The second-order valence-corrected chi connectivity index (χ2v) is 4.77. The average Bonchev–Trinajstić information content (AvgIpc) is 2.29. The van der Waals surface area contributed by atoms with Crippen LogP contribution in [0.2, 0.25) is 5.02 Å². The lowest BCUT2D eigenvalue weighted by Gasteiger charge is -2.24. The number of benzene rings is 1. The third kappa shape index (κ3) is 2.48. The number of hydrogen-bond acceptors (Lipinski definition) is 2. The van der Waals surface area contributed by atoms with Gasteiger partial charge in [-0.05, 0) is 43.2 Å². The van der Waals surface area contributed by atoms with Crippen molar-refractivity contribution >= 4 is 11.6 Å². The predicted molar refractivity (Wildman–Crippen MR) is 69.1 cm³/mol. The molecule has 0 fully saturated rings. The number of rotatable bonds is 2. The summed E-state index contributed by atoms with van der Waals surface area (Å²) in [6.45, 7) is 3.71. The van der Waals surface area contributed by atoms with Gasteiger partial charge in [0, 0.05) is 23.0 Å². The number of nitrogens with zero attached hydrogens (tertiary/aromatic N) is 1. The van der Waals surface area contributed by atoms with E-state index in [1.54, 1.807) is 31.5 Å². The molecule has 1 heterocycles. The lowest BCUT2D eigenvalue weighted by Crippen LogP contribution is -2.23. The molecular formula is C14H14ClNO. The maximum Gasteiger partial charge on any atom is 0.113 e. The summed E-state index contributed by atoms with van der Waals surface area (Å²) in [6.07, 6.45) is 3.45. The minimum atomic E-state index is -1.05. The first kappa shape index (κ1) is 12.1. The molecule has 0 saturated carbocycles. The molecule has 0 bridgehead atoms. The van der Waals surface area contributed by atoms with Gasteiger partial charge in [0.15, 0.2) is 0 Å². The lowest BCUT2D eigenvalue weighted by atomic mass is 9.89. The highest BCUT2D eigenvalue weighted by molar-refractivity contribution is 6.30. The molecule has 0 saturated heterocycles. The van der Waals surface area contributed by atoms with E-state index in [2.05, 4.69) is 4.98 Å². The Labute approximate surface area is 106 Å². The van der Waals surface area contributed by atoms with Gasteiger partial charge in [0.2, 0.25) is 0 Å². The summed E-state index contributed by atoms with van der Waals surface area (Å²) in [7, 11) is 0. The summed E-state index contributed by atoms with van der Waals surface area (Å²) in [5, 5.41) is 11.2. The van der Waals surface area contributed by atoms with Crippen LogP contribution in [0.1, 0.15) is 23.6 Å². The summed E-state index contributed by atoms with van der Waals surface area (Å²) in [4.78, 5) is 4.11. The molecule has 0 aliphatic heterocycles. The summed E-state index contributed by atoms with van der Waals surface area (Å²) < 4.78 is 0. The molecular weight excluding hydrogens is 234 g/mol. The Kier molecular flexibility index (Phi) is 3.18. The third-order valence-corrected chi connectivity index (χ3v) is 3.10. The topological polar surface area (TPSA) is 33.1 Å². The van der Waals surface area contributed by atoms with Gasteiger partial charge in [-0.1, -0.05) is 23.7 Å². The van der Waals surface area contributed by atoms with Crippen LogP contribution in [0.4, 0.5) is 0 Å². The monoisotopic (exact) mass is 247 g/mol. The van der Waals surface area contributed by atoms with Gasteiger partial charge >= 0.3 is 0 Å². The zero-order valence-electron chi connectivity index (χ0n) is 9.81. The van der Waals surface area contributed by atoms with Crippen LogP contribution in [0.5, 0.6) is 0 Å². The molecule has 0 aliphatic rings. The van der Waals surface area contributed by atoms with E-state index in [1.165, 1.54) is 0 Å². The van der Waals surface area contributed by atoms with Crippen molar-refractivity contribution in [2.75, 3.05) is 0 Å². The zero-order valence-corrected chi connectivity index (χ0v) is 10.6. The number of aliphatic hydroxyl groups is 1. The Bertz CT molecular complexity index is 520. The second kappa shape index (κ2) is 4.47. The van der Waals surface area contributed by atoms with Crippen LogP contribution in [0, 0.1) is 6.92 Å². The highest BCUT2D eigenvalue weighted by Gasteiger charge is 2.25. The Morgan fingerprint density at radius 2 is 1.76 bits per heavy atom. The summed E-state index contributed by atoms with van der Waals surface area (Å²) in [6, 6.07) is 9.13. The first-order valence-electron chi connectivity index (χ1n) is 5.41. The van der Waals surface area contributed by atoms with Gasteiger partial charge in [-0.2, -0.15) is 0 Å². The van der Waals surface area contributed by atoms with Crippen molar-refractivity contribution in [3.63, 3.8) is 0 Å². The molecule has 1 aromatic heterocycles. The highest BCUT2D eigenvalue weighted by Crippen LogP contribution is 2.29. The van der Waals surface area contributed by atoms with Gasteiger partial charge < -0.3 is 5.11 Å². The fraction of sp³-hybridized carbons (Fsp3) is 0.214. The lowest BCUT2D eigenvalue weighted by molar-refractivity contribution is 0.102. The van der Waals surface area contributed by atoms with Crippen LogP contribution in [0.15, 0.2) is 42.7 Å². The summed E-state index contributed by atoms with van der Waals surface area (Å²) in [5.74, 6) is 0. The number of aromatic nitrogens is 1. The largest absolute Gasteiger partial charge is 0.381 e. The van der Waals surface area contributed by atoms with E-state index in [0.717, 1.165) is 16.7 Å². The van der Waals surface area contributed by atoms with Gasteiger partial charge in [0.25, 0.3) is 0 Å². The molecule has 0 amide bonds. The number of halogens is 1. The summed E-state index contributed by atoms with van der Waals surface area (Å²) >= 11 is 5.84. The molecule has 1 atom stereocenters. The van der Waals surface area contributed by atoms with Crippen LogP contribution in [-0.2, 0) is 5.60 Å². The smallest absolute Gasteiger partial charge is 0.113 e. The summed E-state index contributed by atoms with van der Waals surface area (Å²) in [5.41, 5.74) is 1.55. The maximum atomic E-state index is 10.6. The van der Waals surface area contributed by atoms with Crippen molar-refractivity contribution in [3.8, 4) is 0 Å². The normalized spacial score (nSPS) is 14.4. The Hall–Kier alpha value is -1.38. The number of hydrogen-bond donors (Lipinski definition) is 1. The molecule has 0 radical (unpaired) electrons. The minimum Gasteiger partial charge on any atom is -0.381 e. The maximum absolute atomic E-state index is 10.6. The van der Waals surface area contributed by atoms with Crippen molar-refractivity contribution in [1.82, 2.24) is 4.98 Å². The second-order valence-electron chi connectivity index (χ2n) is 4.33. The van der Waals surface area contributed by atoms with Crippen LogP contribution in [0.25, 0.3) is 0 Å². The van der Waals surface area contributed by atoms with E-state index >= 15 is 0 Å². The van der Waals surface area contributed by atoms with E-state index in [1.807, 2.05) is 25.1 Å². The fourth-order valence-electron chi connectivity index (χ4n) is 1.76. The van der Waals surface area contributed by atoms with Gasteiger partial charge in [-0.25, -0.2) is 0 Å². The Morgan fingerprint density at radius 3 is 2.35 bits per heavy atom. The van der Waals surface area contributed by atoms with Crippen molar-refractivity contribution in [3.05, 3.63) is 64.4 Å². The SMILES string of the molecule is Cc1cncc(C(C)(O)c2ccc(Cl)cc2)c1. The molecule has 0 spiro atoms. The first-order valence-corrected chi connectivity index (χ1v) is 5.78. The first-order chi connectivity index (χ1) is 8.00. The molecule has 1 aromatic carbocycles. The molecule has 2 aromatic rings. The molecule has 3 heteroatoms. The van der Waals surface area contributed by atoms with E-state index in [4.69, 9.17) is 11.6 Å². The van der Waals surface area contributed by atoms with Gasteiger partial charge in [0.05, 0.1) is 0 Å². The van der Waals surface area contributed by atoms with Crippen LogP contribution < -0.4 is 0 Å². The van der Waals surface area contributed by atoms with Crippen molar-refractivity contribution in [2.24, 2.45) is 0 Å². The van der Waals surface area contributed by atoms with Crippen LogP contribution in [0.3, 0.4) is 0 Å². The van der Waals surface area contributed by atoms with Crippen molar-refractivity contribution in [1.29, 1.82) is 0 Å². The van der Waals surface area contributed by atoms with E-state index in [-0.39, 0.29) is 0 Å². The van der Waals surface area contributed by atoms with Crippen molar-refractivity contribution < 1.29 is 5.11 Å². The van der Waals surface area contributed by atoms with Crippen LogP contribution in [-0.4, -0.2) is 10.1 Å². The average molecular weight is 248 g/mol. The zero-order chi connectivity index (χ0) is 12.5. The van der Waals surface area contributed by atoms with Gasteiger partial charge in [-0.3, -0.25) is 4.98 Å². The molecule has 17 heavy (non-hydrogen) atoms. The molecule has 1 N–H and O–H groups in total. The van der Waals surface area contributed by atoms with Gasteiger partial charge in [0.1, 0.15) is 5.60 Å². The molecule has 88 valence electrons. The minimum absolute atomic E-state index is 0.659. The van der Waals surface area contributed by atoms with E-state index < -0.39 is 5.60 Å². The van der Waals surface area contributed by atoms with Crippen molar-refractivity contribution in [2.45, 2.75) is 19.4 Å². The number of pyridine rings is 1. The van der Waals surface area contributed by atoms with Gasteiger partial charge in [-0.15, -0.1) is 0 Å². The molecule has 1 unspecified atom stereocenters. The highest BCUT2D eigenvalue weighted by atomic mass is 35.5.